The molecule has 4 heteroatoms. The van der Waals surface area contributed by atoms with Crippen LogP contribution in [0.25, 0.3) is 0 Å². The summed E-state index contributed by atoms with van der Waals surface area (Å²) < 4.78 is 2.78. The molecule has 0 unspecified atom stereocenters. The summed E-state index contributed by atoms with van der Waals surface area (Å²) in [6.07, 6.45) is 0.228. The van der Waals surface area contributed by atoms with Crippen molar-refractivity contribution in [3.05, 3.63) is 0 Å². The predicted molar refractivity (Wildman–Crippen MR) is 33.8 cm³/mol. The van der Waals surface area contributed by atoms with Gasteiger partial charge >= 0.3 is 5.97 Å². The Morgan fingerprint density at radius 2 is 2.50 bits per heavy atom. The minimum absolute atomic E-state index is 0.228. The molecule has 2 N–H and O–H groups in total. The number of carbonyl (C=O) groups is 1. The second-order valence-electron chi connectivity index (χ2n) is 1.20. The second-order valence-corrected chi connectivity index (χ2v) is 2.30. The van der Waals surface area contributed by atoms with E-state index in [1.54, 1.807) is 7.05 Å². The van der Waals surface area contributed by atoms with Gasteiger partial charge in [-0.15, -0.1) is 0 Å². The minimum atomic E-state index is -0.743. The van der Waals surface area contributed by atoms with Gasteiger partial charge in [0.1, 0.15) is 0 Å². The van der Waals surface area contributed by atoms with Crippen molar-refractivity contribution in [1.82, 2.24) is 4.72 Å². The van der Waals surface area contributed by atoms with E-state index in [4.69, 9.17) is 5.11 Å². The lowest BCUT2D eigenvalue weighted by Crippen LogP contribution is -2.00. The third-order valence-corrected chi connectivity index (χ3v) is 1.26. The van der Waals surface area contributed by atoms with Gasteiger partial charge in [0, 0.05) is 5.75 Å². The fourth-order valence-electron chi connectivity index (χ4n) is 0.240. The molecule has 0 rings (SSSR count). The molecule has 0 aromatic carbocycles. The van der Waals surface area contributed by atoms with Crippen LogP contribution in [0, 0.1) is 0 Å². The molecule has 0 saturated heterocycles. The first kappa shape index (κ1) is 7.78. The van der Waals surface area contributed by atoms with Crippen molar-refractivity contribution >= 4 is 17.9 Å². The van der Waals surface area contributed by atoms with Gasteiger partial charge in [-0.05, 0) is 7.05 Å². The molecule has 0 aliphatic carbocycles. The Balaban J connectivity index is 2.82. The average Bonchev–Trinajstić information content (AvgIpc) is 1.66. The number of rotatable bonds is 4. The van der Waals surface area contributed by atoms with Crippen molar-refractivity contribution in [1.29, 1.82) is 0 Å². The van der Waals surface area contributed by atoms with Crippen LogP contribution in [0.5, 0.6) is 0 Å². The molecule has 0 radical (unpaired) electrons. The van der Waals surface area contributed by atoms with Gasteiger partial charge in [-0.2, -0.15) is 0 Å². The third kappa shape index (κ3) is 5.78. The lowest BCUT2D eigenvalue weighted by molar-refractivity contribution is -0.136. The highest BCUT2D eigenvalue weighted by molar-refractivity contribution is 7.97. The summed E-state index contributed by atoms with van der Waals surface area (Å²) in [6, 6.07) is 0. The number of hydrogen-bond acceptors (Lipinski definition) is 3. The summed E-state index contributed by atoms with van der Waals surface area (Å²) in [5, 5.41) is 8.10. The Morgan fingerprint density at radius 1 is 1.88 bits per heavy atom. The molecular formula is C4H9NO2S. The van der Waals surface area contributed by atoms with E-state index in [1.807, 2.05) is 0 Å². The monoisotopic (exact) mass is 135 g/mol. The van der Waals surface area contributed by atoms with Crippen LogP contribution in [-0.2, 0) is 4.79 Å². The molecule has 0 spiro atoms. The topological polar surface area (TPSA) is 49.3 Å². The Kier molecular flexibility index (Phi) is 4.79. The van der Waals surface area contributed by atoms with Gasteiger partial charge < -0.3 is 5.11 Å². The van der Waals surface area contributed by atoms with Crippen LogP contribution in [0.15, 0.2) is 0 Å². The molecule has 0 aromatic rings. The van der Waals surface area contributed by atoms with Gasteiger partial charge in [0.2, 0.25) is 0 Å². The van der Waals surface area contributed by atoms with E-state index in [9.17, 15) is 4.79 Å². The van der Waals surface area contributed by atoms with Crippen molar-refractivity contribution in [2.45, 2.75) is 6.42 Å². The first-order valence-corrected chi connectivity index (χ1v) is 3.26. The maximum Gasteiger partial charge on any atom is 0.304 e. The van der Waals surface area contributed by atoms with Crippen LogP contribution in [0.2, 0.25) is 0 Å². The molecule has 3 nitrogen and oxygen atoms in total. The van der Waals surface area contributed by atoms with Gasteiger partial charge in [0.15, 0.2) is 0 Å². The maximum absolute atomic E-state index is 9.83. The van der Waals surface area contributed by atoms with Crippen molar-refractivity contribution in [2.24, 2.45) is 0 Å². The molecular weight excluding hydrogens is 126 g/mol. The molecule has 0 heterocycles. The largest absolute Gasteiger partial charge is 0.481 e. The number of carboxylic acid groups (broad SMARTS) is 1. The zero-order valence-electron chi connectivity index (χ0n) is 4.68. The number of carboxylic acids is 1. The van der Waals surface area contributed by atoms with Crippen LogP contribution < -0.4 is 4.72 Å². The first-order valence-electron chi connectivity index (χ1n) is 2.27. The predicted octanol–water partition coefficient (Wildman–Crippen LogP) is 0.329. The van der Waals surface area contributed by atoms with Gasteiger partial charge in [0.05, 0.1) is 6.42 Å². The molecule has 0 aliphatic heterocycles. The SMILES string of the molecule is CNSCCC(=O)O. The molecule has 48 valence electrons. The quantitative estimate of drug-likeness (QED) is 0.431. The Labute approximate surface area is 52.6 Å². The molecule has 0 amide bonds. The second kappa shape index (κ2) is 4.93. The van der Waals surface area contributed by atoms with E-state index in [1.165, 1.54) is 11.9 Å². The van der Waals surface area contributed by atoms with E-state index in [-0.39, 0.29) is 6.42 Å². The van der Waals surface area contributed by atoms with Crippen LogP contribution >= 0.6 is 11.9 Å². The van der Waals surface area contributed by atoms with Gasteiger partial charge in [-0.3, -0.25) is 9.52 Å². The summed E-state index contributed by atoms with van der Waals surface area (Å²) in [6.45, 7) is 0. The maximum atomic E-state index is 9.83. The van der Waals surface area contributed by atoms with Crippen molar-refractivity contribution in [3.63, 3.8) is 0 Å². The van der Waals surface area contributed by atoms with Crippen LogP contribution in [0.4, 0.5) is 0 Å². The lowest BCUT2D eigenvalue weighted by atomic mass is 10.5. The normalized spacial score (nSPS) is 9.12. The molecule has 0 saturated carbocycles. The molecule has 0 aliphatic rings. The Bertz CT molecular complexity index is 76.4. The first-order chi connectivity index (χ1) is 3.77. The van der Waals surface area contributed by atoms with E-state index in [0.717, 1.165) is 0 Å². The van der Waals surface area contributed by atoms with Gasteiger partial charge in [0.25, 0.3) is 0 Å². The average molecular weight is 135 g/mol. The summed E-state index contributed by atoms with van der Waals surface area (Å²) in [4.78, 5) is 9.83. The fourth-order valence-corrected chi connectivity index (χ4v) is 0.721. The van der Waals surface area contributed by atoms with E-state index in [2.05, 4.69) is 4.72 Å². The van der Waals surface area contributed by atoms with Crippen molar-refractivity contribution < 1.29 is 9.90 Å². The Hall–Kier alpha value is -0.220. The van der Waals surface area contributed by atoms with Gasteiger partial charge in [-0.25, -0.2) is 0 Å². The summed E-state index contributed by atoms with van der Waals surface area (Å²) in [5.41, 5.74) is 0. The minimum Gasteiger partial charge on any atom is -0.481 e. The summed E-state index contributed by atoms with van der Waals surface area (Å²) >= 11 is 1.41. The number of nitrogens with one attached hydrogen (secondary N) is 1. The zero-order valence-corrected chi connectivity index (χ0v) is 5.49. The summed E-state index contributed by atoms with van der Waals surface area (Å²) in [7, 11) is 1.77. The molecule has 0 bridgehead atoms. The van der Waals surface area contributed by atoms with Crippen LogP contribution in [0.1, 0.15) is 6.42 Å². The van der Waals surface area contributed by atoms with E-state index >= 15 is 0 Å². The highest BCUT2D eigenvalue weighted by atomic mass is 32.2. The van der Waals surface area contributed by atoms with Crippen LogP contribution in [-0.4, -0.2) is 23.9 Å². The smallest absolute Gasteiger partial charge is 0.304 e. The standard InChI is InChI=1S/C4H9NO2S/c1-5-8-3-2-4(6)7/h5H,2-3H2,1H3,(H,6,7). The van der Waals surface area contributed by atoms with E-state index < -0.39 is 5.97 Å². The van der Waals surface area contributed by atoms with Crippen molar-refractivity contribution in [2.75, 3.05) is 12.8 Å². The third-order valence-electron chi connectivity index (χ3n) is 0.562. The fraction of sp³-hybridized carbons (Fsp3) is 0.750. The number of hydrogen-bond donors (Lipinski definition) is 2. The molecule has 0 fully saturated rings. The van der Waals surface area contributed by atoms with Crippen LogP contribution in [0.3, 0.4) is 0 Å². The lowest BCUT2D eigenvalue weighted by Gasteiger charge is -1.91. The van der Waals surface area contributed by atoms with Gasteiger partial charge in [-0.1, -0.05) is 11.9 Å². The zero-order chi connectivity index (χ0) is 6.41. The Morgan fingerprint density at radius 3 is 2.88 bits per heavy atom. The molecule has 8 heavy (non-hydrogen) atoms. The van der Waals surface area contributed by atoms with E-state index in [0.29, 0.717) is 5.75 Å². The molecule has 0 aromatic heterocycles. The highest BCUT2D eigenvalue weighted by Crippen LogP contribution is 1.93. The highest BCUT2D eigenvalue weighted by Gasteiger charge is 1.93. The van der Waals surface area contributed by atoms with Crippen molar-refractivity contribution in [3.8, 4) is 0 Å². The summed E-state index contributed by atoms with van der Waals surface area (Å²) in [5.74, 6) is -0.112. The molecule has 0 atom stereocenters. The number of aliphatic carboxylic acids is 1.